The zero-order valence-electron chi connectivity index (χ0n) is 14.9. The van der Waals surface area contributed by atoms with E-state index >= 15 is 0 Å². The molecule has 1 heterocycles. The maximum absolute atomic E-state index is 13.3. The third-order valence-corrected chi connectivity index (χ3v) is 4.86. The fraction of sp³-hybridized carbons (Fsp3) is 0.0870. The van der Waals surface area contributed by atoms with E-state index in [0.29, 0.717) is 17.3 Å². The van der Waals surface area contributed by atoms with Gasteiger partial charge in [0, 0.05) is 16.0 Å². The molecule has 0 saturated carbocycles. The predicted octanol–water partition coefficient (Wildman–Crippen LogP) is 5.38. The second kappa shape index (κ2) is 7.29. The number of benzene rings is 3. The Bertz CT molecular complexity index is 1170. The first-order chi connectivity index (χ1) is 13.2. The van der Waals surface area contributed by atoms with E-state index in [-0.39, 0.29) is 5.56 Å². The van der Waals surface area contributed by atoms with Crippen LogP contribution in [0, 0.1) is 0 Å². The van der Waals surface area contributed by atoms with Gasteiger partial charge in [0.05, 0.1) is 19.2 Å². The SMILES string of the molecule is COc1c(-c2ccccc2)c2ccccc2n(Cc2cccc(Cl)c2)c1=O. The van der Waals surface area contributed by atoms with Crippen LogP contribution in [0.2, 0.25) is 5.02 Å². The van der Waals surface area contributed by atoms with Gasteiger partial charge in [0.1, 0.15) is 0 Å². The van der Waals surface area contributed by atoms with Gasteiger partial charge < -0.3 is 9.30 Å². The Morgan fingerprint density at radius 1 is 0.926 bits per heavy atom. The number of rotatable bonds is 4. The zero-order valence-corrected chi connectivity index (χ0v) is 15.6. The molecular weight excluding hydrogens is 358 g/mol. The number of fused-ring (bicyclic) bond motifs is 1. The highest BCUT2D eigenvalue weighted by atomic mass is 35.5. The largest absolute Gasteiger partial charge is 0.491 e. The van der Waals surface area contributed by atoms with Gasteiger partial charge in [-0.15, -0.1) is 0 Å². The molecule has 27 heavy (non-hydrogen) atoms. The van der Waals surface area contributed by atoms with Gasteiger partial charge in [0.2, 0.25) is 0 Å². The van der Waals surface area contributed by atoms with Gasteiger partial charge in [-0.2, -0.15) is 0 Å². The van der Waals surface area contributed by atoms with Crippen LogP contribution < -0.4 is 10.3 Å². The first-order valence-electron chi connectivity index (χ1n) is 8.68. The van der Waals surface area contributed by atoms with E-state index in [2.05, 4.69) is 0 Å². The van der Waals surface area contributed by atoms with Crippen LogP contribution >= 0.6 is 11.6 Å². The van der Waals surface area contributed by atoms with E-state index < -0.39 is 0 Å². The normalized spacial score (nSPS) is 10.9. The van der Waals surface area contributed by atoms with Crippen molar-refractivity contribution in [2.75, 3.05) is 7.11 Å². The maximum Gasteiger partial charge on any atom is 0.294 e. The molecule has 0 aliphatic carbocycles. The van der Waals surface area contributed by atoms with Crippen molar-refractivity contribution in [2.24, 2.45) is 0 Å². The number of pyridine rings is 1. The van der Waals surface area contributed by atoms with Gasteiger partial charge in [-0.3, -0.25) is 4.79 Å². The maximum atomic E-state index is 13.3. The van der Waals surface area contributed by atoms with Crippen molar-refractivity contribution in [3.05, 3.63) is 99.8 Å². The Labute approximate surface area is 162 Å². The highest BCUT2D eigenvalue weighted by Gasteiger charge is 2.18. The number of hydrogen-bond acceptors (Lipinski definition) is 2. The average molecular weight is 376 g/mol. The fourth-order valence-electron chi connectivity index (χ4n) is 3.44. The average Bonchev–Trinajstić information content (AvgIpc) is 2.70. The van der Waals surface area contributed by atoms with E-state index in [9.17, 15) is 4.79 Å². The van der Waals surface area contributed by atoms with Crippen molar-refractivity contribution < 1.29 is 4.74 Å². The first kappa shape index (κ1) is 17.4. The summed E-state index contributed by atoms with van der Waals surface area (Å²) in [6, 6.07) is 25.3. The number of methoxy groups -OCH3 is 1. The monoisotopic (exact) mass is 375 g/mol. The van der Waals surface area contributed by atoms with Crippen molar-refractivity contribution in [3.8, 4) is 16.9 Å². The molecule has 0 radical (unpaired) electrons. The summed E-state index contributed by atoms with van der Waals surface area (Å²) in [5.41, 5.74) is 3.44. The summed E-state index contributed by atoms with van der Waals surface area (Å²) in [6.07, 6.45) is 0. The second-order valence-electron chi connectivity index (χ2n) is 6.31. The molecule has 0 aliphatic heterocycles. The van der Waals surface area contributed by atoms with Gasteiger partial charge in [0.15, 0.2) is 5.75 Å². The number of para-hydroxylation sites is 1. The van der Waals surface area contributed by atoms with E-state index in [0.717, 1.165) is 27.6 Å². The van der Waals surface area contributed by atoms with Crippen molar-refractivity contribution in [1.29, 1.82) is 0 Å². The molecule has 4 heteroatoms. The van der Waals surface area contributed by atoms with E-state index in [1.54, 1.807) is 11.7 Å². The van der Waals surface area contributed by atoms with E-state index in [4.69, 9.17) is 16.3 Å². The van der Waals surface area contributed by atoms with Crippen LogP contribution in [-0.4, -0.2) is 11.7 Å². The summed E-state index contributed by atoms with van der Waals surface area (Å²) in [6.45, 7) is 0.422. The third-order valence-electron chi connectivity index (χ3n) is 4.63. The fourth-order valence-corrected chi connectivity index (χ4v) is 3.65. The van der Waals surface area contributed by atoms with E-state index in [1.165, 1.54) is 0 Å². The molecular formula is C23H18ClNO2. The molecule has 0 N–H and O–H groups in total. The number of halogens is 1. The minimum atomic E-state index is -0.157. The molecule has 0 spiro atoms. The summed E-state index contributed by atoms with van der Waals surface area (Å²) in [7, 11) is 1.54. The Morgan fingerprint density at radius 3 is 2.41 bits per heavy atom. The summed E-state index contributed by atoms with van der Waals surface area (Å²) < 4.78 is 7.32. The van der Waals surface area contributed by atoms with Crippen LogP contribution in [0.4, 0.5) is 0 Å². The summed E-state index contributed by atoms with van der Waals surface area (Å²) in [5, 5.41) is 1.62. The molecule has 4 aromatic rings. The van der Waals surface area contributed by atoms with Crippen LogP contribution in [0.15, 0.2) is 83.7 Å². The third kappa shape index (κ3) is 3.22. The molecule has 3 nitrogen and oxygen atoms in total. The molecule has 0 amide bonds. The summed E-state index contributed by atoms with van der Waals surface area (Å²) in [5.74, 6) is 0.349. The lowest BCUT2D eigenvalue weighted by Crippen LogP contribution is -2.23. The van der Waals surface area contributed by atoms with Gasteiger partial charge in [0.25, 0.3) is 5.56 Å². The van der Waals surface area contributed by atoms with Gasteiger partial charge in [-0.25, -0.2) is 0 Å². The predicted molar refractivity (Wildman–Crippen MR) is 111 cm³/mol. The lowest BCUT2D eigenvalue weighted by molar-refractivity contribution is 0.407. The van der Waals surface area contributed by atoms with Crippen LogP contribution in [0.25, 0.3) is 22.0 Å². The Balaban J connectivity index is 2.02. The molecule has 1 aromatic heterocycles. The van der Waals surface area contributed by atoms with Gasteiger partial charge in [-0.1, -0.05) is 72.3 Å². The summed E-state index contributed by atoms with van der Waals surface area (Å²) in [4.78, 5) is 13.3. The van der Waals surface area contributed by atoms with Crippen molar-refractivity contribution >= 4 is 22.5 Å². The van der Waals surface area contributed by atoms with Crippen molar-refractivity contribution in [1.82, 2.24) is 4.57 Å². The smallest absolute Gasteiger partial charge is 0.294 e. The van der Waals surface area contributed by atoms with Gasteiger partial charge >= 0.3 is 0 Å². The highest BCUT2D eigenvalue weighted by Crippen LogP contribution is 2.34. The van der Waals surface area contributed by atoms with Crippen molar-refractivity contribution in [2.45, 2.75) is 6.54 Å². The highest BCUT2D eigenvalue weighted by molar-refractivity contribution is 6.30. The van der Waals surface area contributed by atoms with E-state index in [1.807, 2.05) is 78.9 Å². The van der Waals surface area contributed by atoms with Gasteiger partial charge in [-0.05, 0) is 29.3 Å². The number of hydrogen-bond donors (Lipinski definition) is 0. The molecule has 0 aliphatic rings. The molecule has 0 bridgehead atoms. The zero-order chi connectivity index (χ0) is 18.8. The van der Waals surface area contributed by atoms with Crippen molar-refractivity contribution in [3.63, 3.8) is 0 Å². The molecule has 0 fully saturated rings. The number of nitrogens with zero attached hydrogens (tertiary/aromatic N) is 1. The first-order valence-corrected chi connectivity index (χ1v) is 9.06. The topological polar surface area (TPSA) is 31.2 Å². The lowest BCUT2D eigenvalue weighted by atomic mass is 9.99. The number of aromatic nitrogens is 1. The number of ether oxygens (including phenoxy) is 1. The molecule has 0 saturated heterocycles. The second-order valence-corrected chi connectivity index (χ2v) is 6.75. The van der Waals surface area contributed by atoms with Crippen LogP contribution in [0.1, 0.15) is 5.56 Å². The molecule has 3 aromatic carbocycles. The Morgan fingerprint density at radius 2 is 1.67 bits per heavy atom. The molecule has 0 unspecified atom stereocenters. The molecule has 4 rings (SSSR count). The van der Waals surface area contributed by atoms with Crippen LogP contribution in [0.5, 0.6) is 5.75 Å². The Hall–Kier alpha value is -3.04. The van der Waals surface area contributed by atoms with Crippen LogP contribution in [0.3, 0.4) is 0 Å². The Kier molecular flexibility index (Phi) is 4.69. The standard InChI is InChI=1S/C23H18ClNO2/c1-27-22-21(17-9-3-2-4-10-17)19-12-5-6-13-20(19)25(23(22)26)15-16-8-7-11-18(24)14-16/h2-14H,15H2,1H3. The summed E-state index contributed by atoms with van der Waals surface area (Å²) >= 11 is 6.12. The minimum absolute atomic E-state index is 0.157. The van der Waals surface area contributed by atoms with Crippen LogP contribution in [-0.2, 0) is 6.54 Å². The molecule has 0 atom stereocenters. The minimum Gasteiger partial charge on any atom is -0.491 e. The quantitative estimate of drug-likeness (QED) is 0.479. The molecule has 134 valence electrons. The lowest BCUT2D eigenvalue weighted by Gasteiger charge is -2.17.